The van der Waals surface area contributed by atoms with Gasteiger partial charge in [0.1, 0.15) is 12.6 Å². The SMILES string of the molecule is CCCCCCCCCCCCCCCC(=O)OCCOCCOCCOCCOCCOCCNc1cccc2c1C(=O)N(C1CCC(=O)NC1=O)C2=O. The Morgan fingerprint density at radius 2 is 1.18 bits per heavy atom. The molecule has 2 N–H and O–H groups in total. The highest BCUT2D eigenvalue weighted by atomic mass is 16.6. The van der Waals surface area contributed by atoms with Gasteiger partial charge in [0.15, 0.2) is 0 Å². The Morgan fingerprint density at radius 1 is 0.673 bits per heavy atom. The van der Waals surface area contributed by atoms with Crippen LogP contribution in [-0.4, -0.2) is 120 Å². The van der Waals surface area contributed by atoms with Crippen LogP contribution in [0.2, 0.25) is 0 Å². The second-order valence-corrected chi connectivity index (χ2v) is 13.9. The molecule has 1 unspecified atom stereocenters. The zero-order valence-corrected chi connectivity index (χ0v) is 33.0. The Kier molecular flexibility index (Phi) is 24.1. The number of esters is 1. The minimum Gasteiger partial charge on any atom is -0.463 e. The highest BCUT2D eigenvalue weighted by molar-refractivity contribution is 6.25. The lowest BCUT2D eigenvalue weighted by Crippen LogP contribution is -2.54. The number of carbonyl (C=O) groups is 5. The smallest absolute Gasteiger partial charge is 0.305 e. The Balaban J connectivity index is 1.04. The number of hydrogen-bond donors (Lipinski definition) is 2. The number of piperidine rings is 1. The first-order valence-corrected chi connectivity index (χ1v) is 20.6. The van der Waals surface area contributed by atoms with Crippen LogP contribution in [0.5, 0.6) is 0 Å². The molecule has 0 aromatic heterocycles. The van der Waals surface area contributed by atoms with Crippen LogP contribution in [0.3, 0.4) is 0 Å². The van der Waals surface area contributed by atoms with Gasteiger partial charge in [0, 0.05) is 25.1 Å². The minimum absolute atomic E-state index is 0.0670. The normalized spacial score (nSPS) is 15.4. The van der Waals surface area contributed by atoms with Crippen molar-refractivity contribution in [3.05, 3.63) is 29.3 Å². The molecule has 310 valence electrons. The molecule has 0 spiro atoms. The summed E-state index contributed by atoms with van der Waals surface area (Å²) >= 11 is 0. The van der Waals surface area contributed by atoms with Crippen LogP contribution < -0.4 is 10.6 Å². The van der Waals surface area contributed by atoms with E-state index in [0.29, 0.717) is 84.7 Å². The van der Waals surface area contributed by atoms with Gasteiger partial charge in [0.05, 0.1) is 77.2 Å². The molecule has 2 aliphatic rings. The molecule has 14 nitrogen and oxygen atoms in total. The van der Waals surface area contributed by atoms with Crippen LogP contribution in [0.15, 0.2) is 18.2 Å². The van der Waals surface area contributed by atoms with Gasteiger partial charge < -0.3 is 33.7 Å². The summed E-state index contributed by atoms with van der Waals surface area (Å²) in [4.78, 5) is 62.8. The second kappa shape index (κ2) is 28.9. The number of fused-ring (bicyclic) bond motifs is 1. The van der Waals surface area contributed by atoms with Gasteiger partial charge in [-0.15, -0.1) is 0 Å². The van der Waals surface area contributed by atoms with Crippen molar-refractivity contribution >= 4 is 35.3 Å². The van der Waals surface area contributed by atoms with Gasteiger partial charge in [0.2, 0.25) is 11.8 Å². The van der Waals surface area contributed by atoms with Crippen LogP contribution in [0.25, 0.3) is 0 Å². The average molecular weight is 776 g/mol. The summed E-state index contributed by atoms with van der Waals surface area (Å²) in [5.74, 6) is -2.32. The number of carbonyl (C=O) groups excluding carboxylic acids is 5. The molecule has 4 amide bonds. The zero-order chi connectivity index (χ0) is 39.4. The first-order chi connectivity index (χ1) is 26.9. The number of unbranched alkanes of at least 4 members (excludes halogenated alkanes) is 12. The maximum atomic E-state index is 13.2. The van der Waals surface area contributed by atoms with Gasteiger partial charge in [-0.05, 0) is 25.0 Å². The minimum atomic E-state index is -1.01. The predicted molar refractivity (Wildman–Crippen MR) is 207 cm³/mol. The second-order valence-electron chi connectivity index (χ2n) is 13.9. The summed E-state index contributed by atoms with van der Waals surface area (Å²) in [6.45, 7) is 6.93. The number of hydrogen-bond acceptors (Lipinski definition) is 12. The van der Waals surface area contributed by atoms with Crippen molar-refractivity contribution in [2.75, 3.05) is 84.5 Å². The summed E-state index contributed by atoms with van der Waals surface area (Å²) in [5.41, 5.74) is 0.911. The third-order valence-electron chi connectivity index (χ3n) is 9.49. The number of nitrogens with one attached hydrogen (secondary N) is 2. The van der Waals surface area contributed by atoms with Crippen LogP contribution >= 0.6 is 0 Å². The molecule has 1 fully saturated rings. The molecule has 0 saturated carbocycles. The number of imide groups is 2. The molecule has 1 saturated heterocycles. The average Bonchev–Trinajstić information content (AvgIpc) is 3.43. The molecular weight excluding hydrogens is 710 g/mol. The fraction of sp³-hybridized carbons (Fsp3) is 0.732. The molecule has 1 atom stereocenters. The maximum Gasteiger partial charge on any atom is 0.305 e. The van der Waals surface area contributed by atoms with Gasteiger partial charge in [-0.1, -0.05) is 90.0 Å². The van der Waals surface area contributed by atoms with Crippen molar-refractivity contribution in [3.63, 3.8) is 0 Å². The van der Waals surface area contributed by atoms with E-state index in [1.165, 1.54) is 70.6 Å². The lowest BCUT2D eigenvalue weighted by Gasteiger charge is -2.27. The van der Waals surface area contributed by atoms with E-state index >= 15 is 0 Å². The van der Waals surface area contributed by atoms with Crippen molar-refractivity contribution in [3.8, 4) is 0 Å². The van der Waals surface area contributed by atoms with Gasteiger partial charge in [-0.3, -0.25) is 34.2 Å². The van der Waals surface area contributed by atoms with Crippen LogP contribution in [0.1, 0.15) is 130 Å². The highest BCUT2D eigenvalue weighted by Crippen LogP contribution is 2.32. The van der Waals surface area contributed by atoms with Crippen LogP contribution in [0.4, 0.5) is 5.69 Å². The Morgan fingerprint density at radius 3 is 1.73 bits per heavy atom. The summed E-state index contributed by atoms with van der Waals surface area (Å²) in [6, 6.07) is 3.91. The molecule has 2 heterocycles. The largest absolute Gasteiger partial charge is 0.463 e. The Bertz CT molecular complexity index is 1290. The number of amides is 4. The number of nitrogens with zero attached hydrogens (tertiary/aromatic N) is 1. The Hall–Kier alpha value is -3.43. The van der Waals surface area contributed by atoms with Crippen molar-refractivity contribution < 1.29 is 52.4 Å². The van der Waals surface area contributed by atoms with E-state index in [9.17, 15) is 24.0 Å². The first kappa shape index (κ1) is 46.0. The number of benzene rings is 1. The Labute approximate surface area is 327 Å². The molecule has 1 aromatic carbocycles. The molecule has 0 bridgehead atoms. The van der Waals surface area contributed by atoms with E-state index in [2.05, 4.69) is 17.6 Å². The summed E-state index contributed by atoms with van der Waals surface area (Å²) in [7, 11) is 0. The maximum absolute atomic E-state index is 13.2. The van der Waals surface area contributed by atoms with Crippen LogP contribution in [0, 0.1) is 0 Å². The zero-order valence-electron chi connectivity index (χ0n) is 33.0. The number of anilines is 1. The summed E-state index contributed by atoms with van der Waals surface area (Å²) < 4.78 is 32.8. The molecule has 2 aliphatic heterocycles. The fourth-order valence-corrected chi connectivity index (χ4v) is 6.48. The molecule has 14 heteroatoms. The van der Waals surface area contributed by atoms with Gasteiger partial charge in [-0.2, -0.15) is 0 Å². The topological polar surface area (TPSA) is 168 Å². The van der Waals surface area contributed by atoms with E-state index in [0.717, 1.165) is 17.7 Å². The summed E-state index contributed by atoms with van der Waals surface area (Å²) in [6.07, 6.45) is 17.3. The quantitative estimate of drug-likeness (QED) is 0.0506. The highest BCUT2D eigenvalue weighted by Gasteiger charge is 2.45. The molecule has 55 heavy (non-hydrogen) atoms. The molecule has 3 rings (SSSR count). The third-order valence-corrected chi connectivity index (χ3v) is 9.49. The molecule has 0 aliphatic carbocycles. The van der Waals surface area contributed by atoms with Gasteiger partial charge in [0.25, 0.3) is 11.8 Å². The lowest BCUT2D eigenvalue weighted by atomic mass is 10.0. The van der Waals surface area contributed by atoms with E-state index in [1.54, 1.807) is 18.2 Å². The van der Waals surface area contributed by atoms with E-state index in [-0.39, 0.29) is 36.5 Å². The van der Waals surface area contributed by atoms with Gasteiger partial charge in [-0.25, -0.2) is 0 Å². The fourth-order valence-electron chi connectivity index (χ4n) is 6.48. The lowest BCUT2D eigenvalue weighted by molar-refractivity contribution is -0.145. The van der Waals surface area contributed by atoms with E-state index in [1.807, 2.05) is 0 Å². The standard InChI is InChI=1S/C41H65N3O11/c1-2-3-4-5-6-7-8-9-10-11-12-13-14-18-37(46)55-32-31-54-30-29-53-28-27-52-26-25-51-24-23-50-22-21-42-34-17-15-16-33-38(34)41(49)44(40(33)48)35-19-20-36(45)43-39(35)47/h15-17,35,42H,2-14,18-32H2,1H3,(H,43,45,47). The third kappa shape index (κ3) is 18.4. The van der Waals surface area contributed by atoms with Crippen molar-refractivity contribution in [2.45, 2.75) is 116 Å². The van der Waals surface area contributed by atoms with E-state index < -0.39 is 29.7 Å². The monoisotopic (exact) mass is 775 g/mol. The molecule has 0 radical (unpaired) electrons. The van der Waals surface area contributed by atoms with E-state index in [4.69, 9.17) is 28.4 Å². The molecule has 1 aromatic rings. The van der Waals surface area contributed by atoms with Crippen molar-refractivity contribution in [1.29, 1.82) is 0 Å². The summed E-state index contributed by atoms with van der Waals surface area (Å²) in [5, 5.41) is 5.33. The first-order valence-electron chi connectivity index (χ1n) is 20.6. The number of ether oxygens (including phenoxy) is 6. The van der Waals surface area contributed by atoms with Crippen molar-refractivity contribution in [1.82, 2.24) is 10.2 Å². The number of rotatable bonds is 34. The molecular formula is C41H65N3O11. The van der Waals surface area contributed by atoms with Crippen LogP contribution in [-0.2, 0) is 42.8 Å². The van der Waals surface area contributed by atoms with Gasteiger partial charge >= 0.3 is 5.97 Å². The predicted octanol–water partition coefficient (Wildman–Crippen LogP) is 5.61. The van der Waals surface area contributed by atoms with Crippen molar-refractivity contribution in [2.24, 2.45) is 0 Å².